The molecule has 0 atom stereocenters. The maximum atomic E-state index is 13.0. The second-order valence-electron chi connectivity index (χ2n) is 9.81. The van der Waals surface area contributed by atoms with Gasteiger partial charge in [-0.3, -0.25) is 4.79 Å². The SMILES string of the molecule is COc1cc(CC(=O)N2CCCN(C(=O)OC(C)(C)C)CC2)ccc1NC(=O)Nc1ccccc1C. The monoisotopic (exact) mass is 496 g/mol. The first-order valence-electron chi connectivity index (χ1n) is 12.1. The number of anilines is 2. The van der Waals surface area contributed by atoms with E-state index in [2.05, 4.69) is 10.6 Å². The van der Waals surface area contributed by atoms with Crippen molar-refractivity contribution < 1.29 is 23.9 Å². The molecule has 36 heavy (non-hydrogen) atoms. The van der Waals surface area contributed by atoms with E-state index in [9.17, 15) is 14.4 Å². The van der Waals surface area contributed by atoms with Crippen molar-refractivity contribution in [3.8, 4) is 5.75 Å². The molecule has 1 fully saturated rings. The Labute approximate surface area is 212 Å². The molecule has 2 aromatic carbocycles. The van der Waals surface area contributed by atoms with Crippen LogP contribution in [0.4, 0.5) is 21.0 Å². The van der Waals surface area contributed by atoms with Crippen molar-refractivity contribution in [2.24, 2.45) is 0 Å². The van der Waals surface area contributed by atoms with E-state index in [-0.39, 0.29) is 24.5 Å². The Morgan fingerprint density at radius 3 is 2.28 bits per heavy atom. The third-order valence-electron chi connectivity index (χ3n) is 5.76. The summed E-state index contributed by atoms with van der Waals surface area (Å²) in [5, 5.41) is 5.63. The molecule has 3 rings (SSSR count). The molecule has 1 heterocycles. The molecule has 0 saturated carbocycles. The third-order valence-corrected chi connectivity index (χ3v) is 5.76. The van der Waals surface area contributed by atoms with E-state index in [0.717, 1.165) is 16.8 Å². The molecular formula is C27H36N4O5. The maximum absolute atomic E-state index is 13.0. The molecule has 2 N–H and O–H groups in total. The first-order chi connectivity index (χ1) is 17.1. The number of rotatable bonds is 5. The van der Waals surface area contributed by atoms with Gasteiger partial charge in [0, 0.05) is 31.9 Å². The van der Waals surface area contributed by atoms with Gasteiger partial charge >= 0.3 is 12.1 Å². The van der Waals surface area contributed by atoms with Gasteiger partial charge in [0.1, 0.15) is 11.4 Å². The van der Waals surface area contributed by atoms with Crippen molar-refractivity contribution in [2.75, 3.05) is 43.9 Å². The van der Waals surface area contributed by atoms with E-state index >= 15 is 0 Å². The minimum atomic E-state index is -0.555. The van der Waals surface area contributed by atoms with Crippen LogP contribution in [0.25, 0.3) is 0 Å². The summed E-state index contributed by atoms with van der Waals surface area (Å²) < 4.78 is 10.9. The van der Waals surface area contributed by atoms with Gasteiger partial charge in [-0.1, -0.05) is 24.3 Å². The quantitative estimate of drug-likeness (QED) is 0.627. The summed E-state index contributed by atoms with van der Waals surface area (Å²) in [6.45, 7) is 9.45. The van der Waals surface area contributed by atoms with E-state index in [0.29, 0.717) is 44.0 Å². The lowest BCUT2D eigenvalue weighted by Crippen LogP contribution is -2.40. The number of benzene rings is 2. The first kappa shape index (κ1) is 26.8. The highest BCUT2D eigenvalue weighted by atomic mass is 16.6. The van der Waals surface area contributed by atoms with Crippen LogP contribution in [0.15, 0.2) is 42.5 Å². The Morgan fingerprint density at radius 1 is 0.917 bits per heavy atom. The summed E-state index contributed by atoms with van der Waals surface area (Å²) in [4.78, 5) is 41.3. The molecule has 9 nitrogen and oxygen atoms in total. The van der Waals surface area contributed by atoms with Crippen molar-refractivity contribution in [1.29, 1.82) is 0 Å². The number of carbonyl (C=O) groups is 3. The fraction of sp³-hybridized carbons (Fsp3) is 0.444. The molecule has 1 saturated heterocycles. The predicted molar refractivity (Wildman–Crippen MR) is 140 cm³/mol. The zero-order chi connectivity index (χ0) is 26.3. The molecule has 1 aliphatic rings. The number of carbonyl (C=O) groups excluding carboxylic acids is 3. The molecule has 0 aliphatic carbocycles. The lowest BCUT2D eigenvalue weighted by molar-refractivity contribution is -0.130. The number of para-hydroxylation sites is 1. The van der Waals surface area contributed by atoms with Gasteiger partial charge in [0.2, 0.25) is 5.91 Å². The van der Waals surface area contributed by atoms with Crippen molar-refractivity contribution in [3.05, 3.63) is 53.6 Å². The van der Waals surface area contributed by atoms with Gasteiger partial charge in [-0.15, -0.1) is 0 Å². The van der Waals surface area contributed by atoms with E-state index in [1.54, 1.807) is 28.0 Å². The highest BCUT2D eigenvalue weighted by Gasteiger charge is 2.26. The Hall–Kier alpha value is -3.75. The summed E-state index contributed by atoms with van der Waals surface area (Å²) in [5.74, 6) is 0.438. The Bertz CT molecular complexity index is 1100. The molecule has 0 radical (unpaired) electrons. The number of hydrogen-bond donors (Lipinski definition) is 2. The standard InChI is InChI=1S/C27H36N4O5/c1-19-9-6-7-10-21(19)28-25(33)29-22-12-11-20(17-23(22)35-5)18-24(32)30-13-8-14-31(16-15-30)26(34)36-27(2,3)4/h6-7,9-12,17H,8,13-16,18H2,1-5H3,(H2,28,29,33). The molecular weight excluding hydrogens is 460 g/mol. The van der Waals surface area contributed by atoms with Crippen LogP contribution in [0, 0.1) is 6.92 Å². The molecule has 0 aromatic heterocycles. The average molecular weight is 497 g/mol. The number of urea groups is 1. The minimum Gasteiger partial charge on any atom is -0.495 e. The summed E-state index contributed by atoms with van der Waals surface area (Å²) in [7, 11) is 1.52. The Balaban J connectivity index is 1.58. The van der Waals surface area contributed by atoms with Crippen LogP contribution in [-0.4, -0.2) is 66.7 Å². The van der Waals surface area contributed by atoms with Gasteiger partial charge in [-0.05, 0) is 63.4 Å². The van der Waals surface area contributed by atoms with Gasteiger partial charge in [-0.2, -0.15) is 0 Å². The van der Waals surface area contributed by atoms with Gasteiger partial charge < -0.3 is 29.9 Å². The topological polar surface area (TPSA) is 100 Å². The lowest BCUT2D eigenvalue weighted by atomic mass is 10.1. The largest absolute Gasteiger partial charge is 0.495 e. The fourth-order valence-corrected chi connectivity index (χ4v) is 3.90. The molecule has 2 aromatic rings. The van der Waals surface area contributed by atoms with Crippen LogP contribution < -0.4 is 15.4 Å². The molecule has 0 unspecified atom stereocenters. The molecule has 0 spiro atoms. The highest BCUT2D eigenvalue weighted by molar-refractivity contribution is 6.01. The van der Waals surface area contributed by atoms with Crippen LogP contribution in [0.1, 0.15) is 38.3 Å². The molecule has 1 aliphatic heterocycles. The van der Waals surface area contributed by atoms with E-state index < -0.39 is 5.60 Å². The van der Waals surface area contributed by atoms with Crippen molar-refractivity contribution in [1.82, 2.24) is 9.80 Å². The number of methoxy groups -OCH3 is 1. The lowest BCUT2D eigenvalue weighted by Gasteiger charge is -2.26. The number of aryl methyl sites for hydroxylation is 1. The smallest absolute Gasteiger partial charge is 0.410 e. The zero-order valence-electron chi connectivity index (χ0n) is 21.7. The minimum absolute atomic E-state index is 0.0268. The number of nitrogens with zero attached hydrogens (tertiary/aromatic N) is 2. The van der Waals surface area contributed by atoms with Crippen molar-refractivity contribution in [2.45, 2.75) is 46.1 Å². The van der Waals surface area contributed by atoms with Gasteiger partial charge in [0.15, 0.2) is 0 Å². The summed E-state index contributed by atoms with van der Waals surface area (Å²) in [5.41, 5.74) is 2.40. The van der Waals surface area contributed by atoms with Crippen LogP contribution in [0.5, 0.6) is 5.75 Å². The Kier molecular flexibility index (Phi) is 8.79. The first-order valence-corrected chi connectivity index (χ1v) is 12.1. The molecule has 194 valence electrons. The second kappa shape index (κ2) is 11.8. The number of amides is 4. The van der Waals surface area contributed by atoms with E-state index in [1.807, 2.05) is 52.0 Å². The zero-order valence-corrected chi connectivity index (χ0v) is 21.7. The second-order valence-corrected chi connectivity index (χ2v) is 9.81. The van der Waals surface area contributed by atoms with Crippen molar-refractivity contribution >= 4 is 29.4 Å². The summed E-state index contributed by atoms with van der Waals surface area (Å²) in [6, 6.07) is 12.4. The normalized spacial score (nSPS) is 14.0. The number of hydrogen-bond acceptors (Lipinski definition) is 5. The molecule has 0 bridgehead atoms. The Morgan fingerprint density at radius 2 is 1.58 bits per heavy atom. The van der Waals surface area contributed by atoms with Gasteiger partial charge in [-0.25, -0.2) is 9.59 Å². The van der Waals surface area contributed by atoms with Crippen molar-refractivity contribution in [3.63, 3.8) is 0 Å². The summed E-state index contributed by atoms with van der Waals surface area (Å²) in [6.07, 6.45) is 0.530. The maximum Gasteiger partial charge on any atom is 0.410 e. The van der Waals surface area contributed by atoms with Crippen LogP contribution in [0.2, 0.25) is 0 Å². The third kappa shape index (κ3) is 7.63. The van der Waals surface area contributed by atoms with Crippen LogP contribution in [0.3, 0.4) is 0 Å². The highest BCUT2D eigenvalue weighted by Crippen LogP contribution is 2.27. The van der Waals surface area contributed by atoms with Crippen LogP contribution in [-0.2, 0) is 16.0 Å². The number of nitrogens with one attached hydrogen (secondary N) is 2. The number of ether oxygens (including phenoxy) is 2. The molecule has 4 amide bonds. The van der Waals surface area contributed by atoms with E-state index in [1.165, 1.54) is 7.11 Å². The summed E-state index contributed by atoms with van der Waals surface area (Å²) >= 11 is 0. The van der Waals surface area contributed by atoms with Gasteiger partial charge in [0.25, 0.3) is 0 Å². The van der Waals surface area contributed by atoms with Gasteiger partial charge in [0.05, 0.1) is 19.2 Å². The predicted octanol–water partition coefficient (Wildman–Crippen LogP) is 4.66. The molecule has 9 heteroatoms. The average Bonchev–Trinajstić information content (AvgIpc) is 3.07. The van der Waals surface area contributed by atoms with Crippen LogP contribution >= 0.6 is 0 Å². The fourth-order valence-electron chi connectivity index (χ4n) is 3.90. The van der Waals surface area contributed by atoms with E-state index in [4.69, 9.17) is 9.47 Å².